The van der Waals surface area contributed by atoms with Crippen LogP contribution >= 0.6 is 0 Å². The summed E-state index contributed by atoms with van der Waals surface area (Å²) in [4.78, 5) is 17.7. The maximum absolute atomic E-state index is 12.2. The fraction of sp³-hybridized carbons (Fsp3) is 0.438. The molecule has 0 bridgehead atoms. The number of rotatable bonds is 6. The van der Waals surface area contributed by atoms with Crippen molar-refractivity contribution in [2.45, 2.75) is 39.0 Å². The highest BCUT2D eigenvalue weighted by Gasteiger charge is 2.27. The van der Waals surface area contributed by atoms with E-state index in [9.17, 15) is 9.90 Å². The second-order valence-electron chi connectivity index (χ2n) is 5.55. The third kappa shape index (κ3) is 5.97. The molecule has 0 aliphatic carbocycles. The molecule has 0 saturated heterocycles. The van der Waals surface area contributed by atoms with Crippen LogP contribution in [0.4, 0.5) is 4.79 Å². The number of nitrogens with zero attached hydrogens (tertiary/aromatic N) is 1. The lowest BCUT2D eigenvalue weighted by molar-refractivity contribution is -0.176. The summed E-state index contributed by atoms with van der Waals surface area (Å²) in [6.45, 7) is 8.80. The lowest BCUT2D eigenvalue weighted by Crippen LogP contribution is -2.44. The van der Waals surface area contributed by atoms with Crippen molar-refractivity contribution in [3.05, 3.63) is 48.6 Å². The molecular weight excluding hydrogens is 270 g/mol. The summed E-state index contributed by atoms with van der Waals surface area (Å²) in [5.41, 5.74) is 0.263. The fourth-order valence-electron chi connectivity index (χ4n) is 1.55. The van der Waals surface area contributed by atoms with Gasteiger partial charge in [0.1, 0.15) is 18.2 Å². The number of carbonyl (C=O) groups is 1. The average molecular weight is 293 g/mol. The van der Waals surface area contributed by atoms with Crippen LogP contribution in [0.1, 0.15) is 26.3 Å². The van der Waals surface area contributed by atoms with Crippen LogP contribution in [0.2, 0.25) is 0 Å². The number of aliphatic hydroxyl groups is 1. The van der Waals surface area contributed by atoms with E-state index in [1.165, 1.54) is 6.08 Å². The number of carbonyl (C=O) groups excluding carboxylic acids is 1. The van der Waals surface area contributed by atoms with Gasteiger partial charge in [-0.1, -0.05) is 36.4 Å². The molecule has 5 nitrogen and oxygen atoms in total. The Balaban J connectivity index is 2.77. The van der Waals surface area contributed by atoms with Crippen molar-refractivity contribution in [1.29, 1.82) is 0 Å². The molecule has 0 heterocycles. The van der Waals surface area contributed by atoms with Crippen LogP contribution < -0.4 is 0 Å². The number of hydrogen-bond donors (Lipinski definition) is 1. The lowest BCUT2D eigenvalue weighted by atomic mass is 10.2. The van der Waals surface area contributed by atoms with E-state index < -0.39 is 17.7 Å². The molecule has 0 spiro atoms. The van der Waals surface area contributed by atoms with Gasteiger partial charge < -0.3 is 9.84 Å². The molecule has 0 aromatic heterocycles. The molecule has 0 saturated carbocycles. The Kier molecular flexibility index (Phi) is 6.39. The third-order valence-corrected chi connectivity index (χ3v) is 2.55. The molecule has 116 valence electrons. The molecule has 21 heavy (non-hydrogen) atoms. The molecule has 1 atom stereocenters. The first-order valence-corrected chi connectivity index (χ1v) is 6.80. The number of hydroxylamine groups is 2. The highest BCUT2D eigenvalue weighted by molar-refractivity contribution is 5.67. The van der Waals surface area contributed by atoms with Crippen LogP contribution in [-0.4, -0.2) is 34.5 Å². The summed E-state index contributed by atoms with van der Waals surface area (Å²) >= 11 is 0. The highest BCUT2D eigenvalue weighted by Crippen LogP contribution is 2.14. The Morgan fingerprint density at radius 2 is 2.00 bits per heavy atom. The maximum Gasteiger partial charge on any atom is 0.435 e. The predicted octanol–water partition coefficient (Wildman–Crippen LogP) is 2.90. The minimum Gasteiger partial charge on any atom is -0.442 e. The lowest BCUT2D eigenvalue weighted by Gasteiger charge is -2.30. The molecule has 0 fully saturated rings. The third-order valence-electron chi connectivity index (χ3n) is 2.55. The standard InChI is InChI=1S/C16H23NO4/c1-5-14(11-18)17(15(19)21-16(2,3)4)20-12-13-9-7-6-8-10-13/h5-10,14,18H,1,11-12H2,2-4H3/t14-/m0/s1. The van der Waals surface area contributed by atoms with Gasteiger partial charge in [-0.15, -0.1) is 6.58 Å². The van der Waals surface area contributed by atoms with E-state index in [0.29, 0.717) is 0 Å². The Hall–Kier alpha value is -1.85. The van der Waals surface area contributed by atoms with Crippen molar-refractivity contribution in [2.24, 2.45) is 0 Å². The summed E-state index contributed by atoms with van der Waals surface area (Å²) in [6.07, 6.45) is 0.784. The summed E-state index contributed by atoms with van der Waals surface area (Å²) in [5.74, 6) is 0. The first-order chi connectivity index (χ1) is 9.87. The monoisotopic (exact) mass is 293 g/mol. The van der Waals surface area contributed by atoms with Gasteiger partial charge in [0.25, 0.3) is 0 Å². The molecule has 1 amide bonds. The van der Waals surface area contributed by atoms with E-state index in [1.807, 2.05) is 30.3 Å². The molecule has 1 aromatic carbocycles. The van der Waals surface area contributed by atoms with E-state index in [1.54, 1.807) is 20.8 Å². The summed E-state index contributed by atoms with van der Waals surface area (Å²) in [6, 6.07) is 8.77. The van der Waals surface area contributed by atoms with E-state index >= 15 is 0 Å². The van der Waals surface area contributed by atoms with Gasteiger partial charge in [0.05, 0.1) is 6.61 Å². The van der Waals surface area contributed by atoms with Gasteiger partial charge in [0.2, 0.25) is 0 Å². The van der Waals surface area contributed by atoms with Crippen molar-refractivity contribution < 1.29 is 19.5 Å². The van der Waals surface area contributed by atoms with Crippen molar-refractivity contribution in [1.82, 2.24) is 5.06 Å². The molecule has 0 radical (unpaired) electrons. The van der Waals surface area contributed by atoms with Crippen LogP contribution in [0.15, 0.2) is 43.0 Å². The van der Waals surface area contributed by atoms with Gasteiger partial charge in [-0.05, 0) is 26.3 Å². The Bertz CT molecular complexity index is 453. The van der Waals surface area contributed by atoms with Gasteiger partial charge in [-0.25, -0.2) is 4.79 Å². The smallest absolute Gasteiger partial charge is 0.435 e. The Morgan fingerprint density at radius 3 is 2.48 bits per heavy atom. The first-order valence-electron chi connectivity index (χ1n) is 6.80. The Morgan fingerprint density at radius 1 is 1.38 bits per heavy atom. The predicted molar refractivity (Wildman–Crippen MR) is 80.4 cm³/mol. The summed E-state index contributed by atoms with van der Waals surface area (Å²) in [5, 5.41) is 10.4. The molecule has 1 aromatic rings. The average Bonchev–Trinajstić information content (AvgIpc) is 2.42. The molecule has 0 aliphatic rings. The second kappa shape index (κ2) is 7.81. The van der Waals surface area contributed by atoms with Crippen LogP contribution in [-0.2, 0) is 16.2 Å². The quantitative estimate of drug-likeness (QED) is 0.647. The van der Waals surface area contributed by atoms with E-state index in [0.717, 1.165) is 10.6 Å². The molecule has 0 aliphatic heterocycles. The minimum atomic E-state index is -0.663. The van der Waals surface area contributed by atoms with E-state index in [-0.39, 0.29) is 13.2 Å². The molecule has 1 rings (SSSR count). The molecule has 1 N–H and O–H groups in total. The Labute approximate surface area is 125 Å². The van der Waals surface area contributed by atoms with Crippen molar-refractivity contribution in [3.8, 4) is 0 Å². The topological polar surface area (TPSA) is 59.0 Å². The SMILES string of the molecule is C=C[C@@H](CO)N(OCc1ccccc1)C(=O)OC(C)(C)C. The van der Waals surface area contributed by atoms with Crippen molar-refractivity contribution in [3.63, 3.8) is 0 Å². The summed E-state index contributed by atoms with van der Waals surface area (Å²) in [7, 11) is 0. The highest BCUT2D eigenvalue weighted by atomic mass is 16.7. The fourth-order valence-corrected chi connectivity index (χ4v) is 1.55. The van der Waals surface area contributed by atoms with Crippen molar-refractivity contribution in [2.75, 3.05) is 6.61 Å². The van der Waals surface area contributed by atoms with Crippen LogP contribution in [0.3, 0.4) is 0 Å². The zero-order valence-electron chi connectivity index (χ0n) is 12.8. The zero-order valence-corrected chi connectivity index (χ0v) is 12.8. The number of ether oxygens (including phenoxy) is 1. The zero-order chi connectivity index (χ0) is 15.9. The number of amides is 1. The normalized spacial score (nSPS) is 12.6. The maximum atomic E-state index is 12.2. The number of hydrogen-bond acceptors (Lipinski definition) is 4. The van der Waals surface area contributed by atoms with E-state index in [2.05, 4.69) is 6.58 Å². The first kappa shape index (κ1) is 17.2. The van der Waals surface area contributed by atoms with Crippen molar-refractivity contribution >= 4 is 6.09 Å². The summed E-state index contributed by atoms with van der Waals surface area (Å²) < 4.78 is 5.28. The molecule has 0 unspecified atom stereocenters. The van der Waals surface area contributed by atoms with Crippen LogP contribution in [0.25, 0.3) is 0 Å². The number of benzene rings is 1. The van der Waals surface area contributed by atoms with E-state index in [4.69, 9.17) is 9.57 Å². The van der Waals surface area contributed by atoms with Gasteiger partial charge in [0, 0.05) is 0 Å². The molecular formula is C16H23NO4. The van der Waals surface area contributed by atoms with Gasteiger partial charge in [-0.2, -0.15) is 5.06 Å². The molecule has 5 heteroatoms. The van der Waals surface area contributed by atoms with Gasteiger partial charge in [-0.3, -0.25) is 4.84 Å². The number of aliphatic hydroxyl groups excluding tert-OH is 1. The second-order valence-corrected chi connectivity index (χ2v) is 5.55. The van der Waals surface area contributed by atoms with Crippen LogP contribution in [0.5, 0.6) is 0 Å². The minimum absolute atomic E-state index is 0.199. The largest absolute Gasteiger partial charge is 0.442 e. The van der Waals surface area contributed by atoms with Gasteiger partial charge >= 0.3 is 6.09 Å². The van der Waals surface area contributed by atoms with Gasteiger partial charge in [0.15, 0.2) is 0 Å². The van der Waals surface area contributed by atoms with Crippen LogP contribution in [0, 0.1) is 0 Å².